The minimum Gasteiger partial charge on any atom is -0.396 e. The second kappa shape index (κ2) is 5.97. The molecule has 0 amide bonds. The Morgan fingerprint density at radius 1 is 1.50 bits per heavy atom. The largest absolute Gasteiger partial charge is 0.396 e. The Kier molecular flexibility index (Phi) is 4.88. The van der Waals surface area contributed by atoms with Crippen LogP contribution in [0.5, 0.6) is 0 Å². The molecule has 2 heteroatoms. The third kappa shape index (κ3) is 3.26. The molecule has 0 aromatic carbocycles. The summed E-state index contributed by atoms with van der Waals surface area (Å²) in [6, 6.07) is 0. The Hall–Kier alpha value is -0.630. The van der Waals surface area contributed by atoms with Crippen LogP contribution in [-0.4, -0.2) is 17.5 Å². The highest BCUT2D eigenvalue weighted by molar-refractivity contribution is 5.95. The van der Waals surface area contributed by atoms with Crippen LogP contribution in [0.3, 0.4) is 0 Å². The maximum atomic E-state index is 11.4. The van der Waals surface area contributed by atoms with Gasteiger partial charge in [0.15, 0.2) is 5.78 Å². The van der Waals surface area contributed by atoms with Crippen molar-refractivity contribution in [2.24, 2.45) is 5.92 Å². The van der Waals surface area contributed by atoms with Crippen LogP contribution in [0.25, 0.3) is 0 Å². The van der Waals surface area contributed by atoms with Crippen LogP contribution < -0.4 is 0 Å². The third-order valence-corrected chi connectivity index (χ3v) is 2.84. The lowest BCUT2D eigenvalue weighted by Crippen LogP contribution is -2.08. The monoisotopic (exact) mass is 196 g/mol. The molecule has 2 nitrogen and oxygen atoms in total. The van der Waals surface area contributed by atoms with E-state index in [1.807, 2.05) is 0 Å². The standard InChI is InChI=1S/C12H20O2/c1-2-3-4-5-10-8-11(6-7-13)12(14)9-10/h9,11,13H,2-8H2,1H3. The second-order valence-electron chi connectivity index (χ2n) is 4.08. The van der Waals surface area contributed by atoms with E-state index in [-0.39, 0.29) is 18.3 Å². The lowest BCUT2D eigenvalue weighted by Gasteiger charge is -2.06. The summed E-state index contributed by atoms with van der Waals surface area (Å²) in [6.45, 7) is 2.31. The first-order chi connectivity index (χ1) is 6.77. The highest BCUT2D eigenvalue weighted by Gasteiger charge is 2.23. The van der Waals surface area contributed by atoms with Gasteiger partial charge >= 0.3 is 0 Å². The van der Waals surface area contributed by atoms with E-state index in [1.165, 1.54) is 24.8 Å². The number of aliphatic hydroxyl groups excluding tert-OH is 1. The average molecular weight is 196 g/mol. The summed E-state index contributed by atoms with van der Waals surface area (Å²) in [4.78, 5) is 11.4. The van der Waals surface area contributed by atoms with Crippen LogP contribution in [0.15, 0.2) is 11.6 Å². The molecule has 1 aliphatic carbocycles. The summed E-state index contributed by atoms with van der Waals surface area (Å²) in [5, 5.41) is 8.77. The van der Waals surface area contributed by atoms with Gasteiger partial charge in [0, 0.05) is 12.5 Å². The van der Waals surface area contributed by atoms with Gasteiger partial charge in [0.25, 0.3) is 0 Å². The molecule has 14 heavy (non-hydrogen) atoms. The van der Waals surface area contributed by atoms with E-state index >= 15 is 0 Å². The summed E-state index contributed by atoms with van der Waals surface area (Å²) < 4.78 is 0. The molecule has 0 aromatic rings. The number of carbonyl (C=O) groups excluding carboxylic acids is 1. The number of hydrogen-bond donors (Lipinski definition) is 1. The van der Waals surface area contributed by atoms with Gasteiger partial charge in [0.05, 0.1) is 0 Å². The van der Waals surface area contributed by atoms with E-state index in [0.29, 0.717) is 6.42 Å². The molecule has 1 aliphatic rings. The van der Waals surface area contributed by atoms with Crippen LogP contribution in [-0.2, 0) is 4.79 Å². The molecule has 0 aliphatic heterocycles. The fraction of sp³-hybridized carbons (Fsp3) is 0.750. The van der Waals surface area contributed by atoms with Crippen molar-refractivity contribution in [1.82, 2.24) is 0 Å². The predicted octanol–water partition coefficient (Wildman–Crippen LogP) is 2.46. The van der Waals surface area contributed by atoms with E-state index < -0.39 is 0 Å². The van der Waals surface area contributed by atoms with Crippen molar-refractivity contribution in [3.63, 3.8) is 0 Å². The quantitative estimate of drug-likeness (QED) is 0.663. The number of unbranched alkanes of at least 4 members (excludes halogenated alkanes) is 2. The molecule has 0 spiro atoms. The zero-order valence-electron chi connectivity index (χ0n) is 8.96. The van der Waals surface area contributed by atoms with Gasteiger partial charge in [-0.15, -0.1) is 0 Å². The molecule has 1 unspecified atom stereocenters. The summed E-state index contributed by atoms with van der Waals surface area (Å²) in [5.41, 5.74) is 1.29. The number of aliphatic hydroxyl groups is 1. The molecular weight excluding hydrogens is 176 g/mol. The minimum atomic E-state index is 0.0802. The Bertz CT molecular complexity index is 218. The number of rotatable bonds is 6. The van der Waals surface area contributed by atoms with Crippen molar-refractivity contribution in [3.8, 4) is 0 Å². The van der Waals surface area contributed by atoms with Crippen LogP contribution in [0.1, 0.15) is 45.4 Å². The molecule has 1 atom stereocenters. The van der Waals surface area contributed by atoms with Gasteiger partial charge in [-0.2, -0.15) is 0 Å². The zero-order valence-corrected chi connectivity index (χ0v) is 8.96. The number of carbonyl (C=O) groups is 1. The molecule has 1 rings (SSSR count). The highest BCUT2D eigenvalue weighted by atomic mass is 16.3. The van der Waals surface area contributed by atoms with Gasteiger partial charge in [0.2, 0.25) is 0 Å². The van der Waals surface area contributed by atoms with Crippen molar-refractivity contribution in [3.05, 3.63) is 11.6 Å². The first-order valence-electron chi connectivity index (χ1n) is 5.62. The smallest absolute Gasteiger partial charge is 0.159 e. The van der Waals surface area contributed by atoms with Gasteiger partial charge in [-0.3, -0.25) is 4.79 Å². The Balaban J connectivity index is 2.28. The van der Waals surface area contributed by atoms with Crippen LogP contribution >= 0.6 is 0 Å². The summed E-state index contributed by atoms with van der Waals surface area (Å²) in [5.74, 6) is 0.308. The van der Waals surface area contributed by atoms with E-state index in [0.717, 1.165) is 12.8 Å². The summed E-state index contributed by atoms with van der Waals surface area (Å²) in [7, 11) is 0. The van der Waals surface area contributed by atoms with Crippen LogP contribution in [0.4, 0.5) is 0 Å². The van der Waals surface area contributed by atoms with Crippen LogP contribution in [0.2, 0.25) is 0 Å². The Morgan fingerprint density at radius 2 is 2.29 bits per heavy atom. The lowest BCUT2D eigenvalue weighted by atomic mass is 9.99. The molecule has 80 valence electrons. The number of ketones is 1. The van der Waals surface area contributed by atoms with Crippen LogP contribution in [0, 0.1) is 5.92 Å². The van der Waals surface area contributed by atoms with Crippen molar-refractivity contribution in [2.45, 2.75) is 45.4 Å². The van der Waals surface area contributed by atoms with Crippen molar-refractivity contribution in [1.29, 1.82) is 0 Å². The Labute approximate surface area is 86.0 Å². The molecule has 0 saturated heterocycles. The second-order valence-corrected chi connectivity index (χ2v) is 4.08. The Morgan fingerprint density at radius 3 is 2.93 bits per heavy atom. The molecule has 0 fully saturated rings. The van der Waals surface area contributed by atoms with E-state index in [2.05, 4.69) is 6.92 Å². The predicted molar refractivity (Wildman–Crippen MR) is 57.0 cm³/mol. The summed E-state index contributed by atoms with van der Waals surface area (Å²) in [6.07, 6.45) is 8.06. The van der Waals surface area contributed by atoms with Gasteiger partial charge in [-0.05, 0) is 31.8 Å². The topological polar surface area (TPSA) is 37.3 Å². The fourth-order valence-corrected chi connectivity index (χ4v) is 1.97. The van der Waals surface area contributed by atoms with Crippen molar-refractivity contribution < 1.29 is 9.90 Å². The lowest BCUT2D eigenvalue weighted by molar-refractivity contribution is -0.117. The number of hydrogen-bond acceptors (Lipinski definition) is 2. The molecular formula is C12H20O2. The van der Waals surface area contributed by atoms with E-state index in [1.54, 1.807) is 6.08 Å². The maximum Gasteiger partial charge on any atom is 0.159 e. The first-order valence-corrected chi connectivity index (χ1v) is 5.62. The minimum absolute atomic E-state index is 0.0802. The van der Waals surface area contributed by atoms with Crippen molar-refractivity contribution in [2.75, 3.05) is 6.61 Å². The maximum absolute atomic E-state index is 11.4. The van der Waals surface area contributed by atoms with Gasteiger partial charge in [-0.25, -0.2) is 0 Å². The zero-order chi connectivity index (χ0) is 10.4. The molecule has 0 heterocycles. The van der Waals surface area contributed by atoms with Gasteiger partial charge in [-0.1, -0.05) is 25.3 Å². The van der Waals surface area contributed by atoms with Crippen molar-refractivity contribution >= 4 is 5.78 Å². The molecule has 0 aromatic heterocycles. The molecule has 0 radical (unpaired) electrons. The average Bonchev–Trinajstić information content (AvgIpc) is 2.49. The SMILES string of the molecule is CCCCCC1=CC(=O)C(CCO)C1. The molecule has 1 N–H and O–H groups in total. The molecule has 0 saturated carbocycles. The fourth-order valence-electron chi connectivity index (χ4n) is 1.97. The first kappa shape index (κ1) is 11.4. The van der Waals surface area contributed by atoms with Gasteiger partial charge < -0.3 is 5.11 Å². The van der Waals surface area contributed by atoms with Gasteiger partial charge in [0.1, 0.15) is 0 Å². The summed E-state index contributed by atoms with van der Waals surface area (Å²) >= 11 is 0. The highest BCUT2D eigenvalue weighted by Crippen LogP contribution is 2.27. The number of allylic oxidation sites excluding steroid dienone is 2. The van der Waals surface area contributed by atoms with E-state index in [4.69, 9.17) is 5.11 Å². The van der Waals surface area contributed by atoms with E-state index in [9.17, 15) is 4.79 Å². The normalized spacial score (nSPS) is 21.4. The molecule has 0 bridgehead atoms. The third-order valence-electron chi connectivity index (χ3n) is 2.84.